The van der Waals surface area contributed by atoms with Crippen LogP contribution in [0.1, 0.15) is 0 Å². The van der Waals surface area contributed by atoms with E-state index in [1.807, 2.05) is 18.2 Å². The first kappa shape index (κ1) is 8.38. The molecule has 0 aromatic heterocycles. The fourth-order valence-electron chi connectivity index (χ4n) is 0.719. The molecule has 0 bridgehead atoms. The van der Waals surface area contributed by atoms with Crippen molar-refractivity contribution in [3.63, 3.8) is 0 Å². The molecule has 2 N–H and O–H groups in total. The summed E-state index contributed by atoms with van der Waals surface area (Å²) in [5, 5.41) is 1.09. The minimum absolute atomic E-state index is 0.537. The zero-order valence-electron chi connectivity index (χ0n) is 6.29. The monoisotopic (exact) mass is 213 g/mol. The molecule has 2 heteroatoms. The molecule has 0 radical (unpaired) electrons. The molecule has 0 amide bonds. The van der Waals surface area contributed by atoms with Crippen molar-refractivity contribution in [2.45, 2.75) is 5.32 Å². The number of rotatable bonds is 3. The van der Waals surface area contributed by atoms with Crippen LogP contribution < -0.4 is 10.2 Å². The normalized spacial score (nSPS) is 9.45. The van der Waals surface area contributed by atoms with Crippen LogP contribution in [0.4, 0.5) is 5.69 Å². The van der Waals surface area contributed by atoms with Gasteiger partial charge in [-0.2, -0.15) is 0 Å². The summed E-state index contributed by atoms with van der Waals surface area (Å²) in [4.78, 5) is 0. The van der Waals surface area contributed by atoms with E-state index in [1.54, 1.807) is 0 Å². The first-order valence-corrected chi connectivity index (χ1v) is 5.49. The van der Waals surface area contributed by atoms with Crippen molar-refractivity contribution in [2.75, 3.05) is 5.73 Å². The number of nitrogens with two attached hydrogens (primary N) is 1. The second kappa shape index (κ2) is 4.22. The fraction of sp³-hybridized carbons (Fsp3) is 0.111. The van der Waals surface area contributed by atoms with Crippen LogP contribution in [0.15, 0.2) is 36.9 Å². The molecule has 0 heterocycles. The maximum absolute atomic E-state index is 5.54. The molecule has 1 aromatic carbocycles. The topological polar surface area (TPSA) is 26.0 Å². The summed E-state index contributed by atoms with van der Waals surface area (Å²) in [7, 11) is 0. The van der Waals surface area contributed by atoms with Gasteiger partial charge in [-0.05, 0) is 0 Å². The molecule has 0 spiro atoms. The van der Waals surface area contributed by atoms with Gasteiger partial charge in [0.2, 0.25) is 0 Å². The third kappa shape index (κ3) is 2.79. The summed E-state index contributed by atoms with van der Waals surface area (Å²) in [6, 6.07) is 8.05. The third-order valence-electron chi connectivity index (χ3n) is 1.25. The number of benzene rings is 1. The Labute approximate surface area is 73.5 Å². The fourth-order valence-corrected chi connectivity index (χ4v) is 2.06. The average Bonchev–Trinajstić information content (AvgIpc) is 2.04. The van der Waals surface area contributed by atoms with Crippen LogP contribution >= 0.6 is 0 Å². The van der Waals surface area contributed by atoms with Gasteiger partial charge in [-0.15, -0.1) is 0 Å². The molecule has 0 saturated carbocycles. The molecule has 0 atom stereocenters. The number of hydrogen-bond donors (Lipinski definition) is 1. The predicted molar refractivity (Wildman–Crippen MR) is 51.2 cm³/mol. The molecular formula is C9H11NSe. The first-order chi connectivity index (χ1) is 5.33. The van der Waals surface area contributed by atoms with E-state index in [0.717, 1.165) is 11.0 Å². The standard InChI is InChI=1S/C9H11NSe/c1-2-7-11-9-5-3-8(10)4-6-9/h2-6H,1,7,10H2. The number of anilines is 1. The van der Waals surface area contributed by atoms with Gasteiger partial charge in [-0.25, -0.2) is 0 Å². The SMILES string of the molecule is C=CC[Se]c1ccc(N)cc1. The van der Waals surface area contributed by atoms with Gasteiger partial charge in [-0.1, -0.05) is 0 Å². The summed E-state index contributed by atoms with van der Waals surface area (Å²) in [6.07, 6.45) is 1.95. The Kier molecular flexibility index (Phi) is 3.21. The van der Waals surface area contributed by atoms with Gasteiger partial charge in [-0.3, -0.25) is 0 Å². The van der Waals surface area contributed by atoms with Crippen LogP contribution in [0.25, 0.3) is 0 Å². The molecule has 0 aliphatic carbocycles. The number of hydrogen-bond acceptors (Lipinski definition) is 1. The van der Waals surface area contributed by atoms with E-state index in [-0.39, 0.29) is 0 Å². The van der Waals surface area contributed by atoms with Crippen LogP contribution in [0, 0.1) is 0 Å². The van der Waals surface area contributed by atoms with E-state index in [9.17, 15) is 0 Å². The van der Waals surface area contributed by atoms with Crippen molar-refractivity contribution in [3.05, 3.63) is 36.9 Å². The average molecular weight is 212 g/mol. The Morgan fingerprint density at radius 2 is 2.00 bits per heavy atom. The molecule has 58 valence electrons. The zero-order chi connectivity index (χ0) is 8.10. The summed E-state index contributed by atoms with van der Waals surface area (Å²) in [5.74, 6) is 0. The Balaban J connectivity index is 2.58. The summed E-state index contributed by atoms with van der Waals surface area (Å²) < 4.78 is 1.38. The Morgan fingerprint density at radius 1 is 1.36 bits per heavy atom. The van der Waals surface area contributed by atoms with E-state index in [2.05, 4.69) is 18.7 Å². The van der Waals surface area contributed by atoms with Gasteiger partial charge in [0.05, 0.1) is 0 Å². The van der Waals surface area contributed by atoms with Gasteiger partial charge in [0.1, 0.15) is 0 Å². The van der Waals surface area contributed by atoms with Crippen LogP contribution in [0.5, 0.6) is 0 Å². The number of nitrogen functional groups attached to an aromatic ring is 1. The first-order valence-electron chi connectivity index (χ1n) is 3.42. The Hall–Kier alpha value is -0.721. The van der Waals surface area contributed by atoms with Gasteiger partial charge >= 0.3 is 73.1 Å². The minimum atomic E-state index is 0.537. The van der Waals surface area contributed by atoms with Crippen molar-refractivity contribution in [3.8, 4) is 0 Å². The van der Waals surface area contributed by atoms with Crippen LogP contribution in [-0.2, 0) is 0 Å². The van der Waals surface area contributed by atoms with Gasteiger partial charge in [0.25, 0.3) is 0 Å². The van der Waals surface area contributed by atoms with E-state index in [0.29, 0.717) is 15.0 Å². The Morgan fingerprint density at radius 3 is 2.55 bits per heavy atom. The van der Waals surface area contributed by atoms with E-state index >= 15 is 0 Å². The zero-order valence-corrected chi connectivity index (χ0v) is 8.00. The molecule has 0 aliphatic heterocycles. The molecule has 1 nitrogen and oxygen atoms in total. The van der Waals surface area contributed by atoms with Crippen molar-refractivity contribution in [1.29, 1.82) is 0 Å². The van der Waals surface area contributed by atoms with E-state index < -0.39 is 0 Å². The van der Waals surface area contributed by atoms with Crippen LogP contribution in [0.2, 0.25) is 5.32 Å². The van der Waals surface area contributed by atoms with Crippen LogP contribution in [-0.4, -0.2) is 15.0 Å². The molecule has 1 aromatic rings. The molecule has 1 rings (SSSR count). The third-order valence-corrected chi connectivity index (χ3v) is 3.36. The van der Waals surface area contributed by atoms with Gasteiger partial charge in [0.15, 0.2) is 0 Å². The second-order valence-corrected chi connectivity index (χ2v) is 4.46. The van der Waals surface area contributed by atoms with Crippen molar-refractivity contribution in [1.82, 2.24) is 0 Å². The number of allylic oxidation sites excluding steroid dienone is 1. The van der Waals surface area contributed by atoms with E-state index in [4.69, 9.17) is 5.73 Å². The molecule has 11 heavy (non-hydrogen) atoms. The van der Waals surface area contributed by atoms with Crippen LogP contribution in [0.3, 0.4) is 0 Å². The van der Waals surface area contributed by atoms with Crippen molar-refractivity contribution >= 4 is 25.1 Å². The van der Waals surface area contributed by atoms with E-state index in [1.165, 1.54) is 4.46 Å². The molecule has 0 aliphatic rings. The summed E-state index contributed by atoms with van der Waals surface area (Å²) in [5.41, 5.74) is 6.38. The molecular weight excluding hydrogens is 201 g/mol. The van der Waals surface area contributed by atoms with Crippen molar-refractivity contribution in [2.24, 2.45) is 0 Å². The van der Waals surface area contributed by atoms with Crippen molar-refractivity contribution < 1.29 is 0 Å². The quantitative estimate of drug-likeness (QED) is 0.455. The molecule has 0 saturated heterocycles. The van der Waals surface area contributed by atoms with Gasteiger partial charge in [0, 0.05) is 0 Å². The Bertz CT molecular complexity index is 228. The predicted octanol–water partition coefficient (Wildman–Crippen LogP) is 1.20. The molecule has 0 fully saturated rings. The summed E-state index contributed by atoms with van der Waals surface area (Å²) >= 11 is 0.537. The van der Waals surface area contributed by atoms with Gasteiger partial charge < -0.3 is 0 Å². The molecule has 0 unspecified atom stereocenters. The second-order valence-electron chi connectivity index (χ2n) is 2.17. The summed E-state index contributed by atoms with van der Waals surface area (Å²) in [6.45, 7) is 3.68. The maximum atomic E-state index is 5.54.